The number of thiocarbonyl (C=S) groups is 1. The second-order valence-electron chi connectivity index (χ2n) is 9.41. The van der Waals surface area contributed by atoms with E-state index in [4.69, 9.17) is 21.7 Å². The second-order valence-corrected chi connectivity index (χ2v) is 9.79. The molecular formula is C30H28N4OS. The molecule has 0 radical (unpaired) electrons. The largest absolute Gasteiger partial charge is 0.351 e. The van der Waals surface area contributed by atoms with Gasteiger partial charge in [0.15, 0.2) is 5.11 Å². The van der Waals surface area contributed by atoms with Crippen molar-refractivity contribution < 1.29 is 4.52 Å². The summed E-state index contributed by atoms with van der Waals surface area (Å²) in [6.07, 6.45) is 4.47. The smallest absolute Gasteiger partial charge is 0.258 e. The normalized spacial score (nSPS) is 17.3. The Hall–Kier alpha value is -3.77. The van der Waals surface area contributed by atoms with Gasteiger partial charge >= 0.3 is 0 Å². The highest BCUT2D eigenvalue weighted by Gasteiger charge is 2.35. The van der Waals surface area contributed by atoms with Crippen LogP contribution in [0.1, 0.15) is 54.5 Å². The molecule has 0 spiro atoms. The van der Waals surface area contributed by atoms with E-state index in [0.717, 1.165) is 47.3 Å². The highest BCUT2D eigenvalue weighted by atomic mass is 32.1. The number of nitrogens with one attached hydrogen (secondary N) is 1. The summed E-state index contributed by atoms with van der Waals surface area (Å²) in [4.78, 5) is 6.95. The molecule has 1 unspecified atom stereocenters. The van der Waals surface area contributed by atoms with Crippen LogP contribution in [0.2, 0.25) is 0 Å². The van der Waals surface area contributed by atoms with Crippen molar-refractivity contribution in [3.05, 3.63) is 107 Å². The summed E-state index contributed by atoms with van der Waals surface area (Å²) in [7, 11) is 0. The summed E-state index contributed by atoms with van der Waals surface area (Å²) in [5.74, 6) is 1.08. The van der Waals surface area contributed by atoms with Crippen molar-refractivity contribution in [1.29, 1.82) is 0 Å². The van der Waals surface area contributed by atoms with Gasteiger partial charge in [-0.3, -0.25) is 4.90 Å². The maximum atomic E-state index is 5.91. The number of rotatable bonds is 5. The van der Waals surface area contributed by atoms with Gasteiger partial charge in [0, 0.05) is 16.9 Å². The van der Waals surface area contributed by atoms with Gasteiger partial charge in [-0.05, 0) is 79.2 Å². The zero-order valence-electron chi connectivity index (χ0n) is 20.5. The van der Waals surface area contributed by atoms with Gasteiger partial charge in [0.1, 0.15) is 0 Å². The Morgan fingerprint density at radius 1 is 1.00 bits per heavy atom. The molecule has 0 saturated heterocycles. The van der Waals surface area contributed by atoms with E-state index >= 15 is 0 Å². The minimum absolute atomic E-state index is 0.194. The van der Waals surface area contributed by atoms with E-state index in [1.807, 2.05) is 18.2 Å². The number of hydrogen-bond acceptors (Lipinski definition) is 4. The van der Waals surface area contributed by atoms with E-state index in [-0.39, 0.29) is 6.04 Å². The van der Waals surface area contributed by atoms with Crippen molar-refractivity contribution in [2.75, 3.05) is 4.90 Å². The molecular weight excluding hydrogens is 464 g/mol. The van der Waals surface area contributed by atoms with E-state index in [2.05, 4.69) is 83.8 Å². The number of allylic oxidation sites excluding steroid dienone is 1. The number of anilines is 1. The van der Waals surface area contributed by atoms with E-state index < -0.39 is 0 Å². The zero-order valence-corrected chi connectivity index (χ0v) is 21.3. The average Bonchev–Trinajstić information content (AvgIpc) is 3.59. The van der Waals surface area contributed by atoms with Crippen LogP contribution in [0.3, 0.4) is 0 Å². The predicted octanol–water partition coefficient (Wildman–Crippen LogP) is 6.65. The molecule has 6 heteroatoms. The standard InChI is InChI=1S/C30H28N4OS/c1-3-20-12-14-23(15-13-20)28-32-29(35-33-28)26-19(2)34(25-17-16-21-10-7-11-24(21)18-25)30(36)31-27(26)22-8-5-4-6-9-22/h4-6,8-9,12-18,27H,3,7,10-11H2,1-2H3,(H,31,36). The number of aromatic nitrogens is 2. The molecule has 36 heavy (non-hydrogen) atoms. The molecule has 3 aromatic carbocycles. The third-order valence-electron chi connectivity index (χ3n) is 7.23. The predicted molar refractivity (Wildman–Crippen MR) is 148 cm³/mol. The van der Waals surface area contributed by atoms with E-state index in [1.165, 1.54) is 23.1 Å². The van der Waals surface area contributed by atoms with Gasteiger partial charge in [-0.15, -0.1) is 0 Å². The van der Waals surface area contributed by atoms with Crippen molar-refractivity contribution in [2.45, 2.75) is 45.6 Å². The van der Waals surface area contributed by atoms with Gasteiger partial charge in [0.25, 0.3) is 5.89 Å². The Morgan fingerprint density at radius 3 is 2.56 bits per heavy atom. The molecule has 2 heterocycles. The molecule has 4 aromatic rings. The lowest BCUT2D eigenvalue weighted by molar-refractivity contribution is 0.404. The molecule has 1 N–H and O–H groups in total. The highest BCUT2D eigenvalue weighted by Crippen LogP contribution is 2.40. The van der Waals surface area contributed by atoms with E-state index in [1.54, 1.807) is 0 Å². The molecule has 1 atom stereocenters. The van der Waals surface area contributed by atoms with Crippen LogP contribution in [0.4, 0.5) is 5.69 Å². The summed E-state index contributed by atoms with van der Waals surface area (Å²) in [5.41, 5.74) is 9.13. The molecule has 1 aliphatic carbocycles. The van der Waals surface area contributed by atoms with E-state index in [0.29, 0.717) is 16.8 Å². The van der Waals surface area contributed by atoms with E-state index in [9.17, 15) is 0 Å². The minimum Gasteiger partial charge on any atom is -0.351 e. The van der Waals surface area contributed by atoms with Crippen molar-refractivity contribution in [1.82, 2.24) is 15.5 Å². The summed E-state index contributed by atoms with van der Waals surface area (Å²) in [6, 6.07) is 25.1. The summed E-state index contributed by atoms with van der Waals surface area (Å²) < 4.78 is 5.90. The molecule has 1 aliphatic heterocycles. The Balaban J connectivity index is 1.46. The summed E-state index contributed by atoms with van der Waals surface area (Å²) in [5, 5.41) is 8.57. The Morgan fingerprint density at radius 2 is 1.78 bits per heavy atom. The average molecular weight is 493 g/mol. The fourth-order valence-electron chi connectivity index (χ4n) is 5.26. The highest BCUT2D eigenvalue weighted by molar-refractivity contribution is 7.80. The van der Waals surface area contributed by atoms with Crippen LogP contribution in [0.15, 0.2) is 83.0 Å². The Bertz CT molecular complexity index is 1460. The number of benzene rings is 3. The van der Waals surface area contributed by atoms with Crippen LogP contribution in [0.25, 0.3) is 17.0 Å². The third kappa shape index (κ3) is 4.01. The third-order valence-corrected chi connectivity index (χ3v) is 7.54. The lowest BCUT2D eigenvalue weighted by Gasteiger charge is -2.37. The lowest BCUT2D eigenvalue weighted by atomic mass is 9.94. The number of aryl methyl sites for hydroxylation is 3. The lowest BCUT2D eigenvalue weighted by Crippen LogP contribution is -2.46. The number of hydrogen-bond donors (Lipinski definition) is 1. The van der Waals surface area contributed by atoms with Crippen LogP contribution in [-0.2, 0) is 19.3 Å². The maximum absolute atomic E-state index is 5.91. The molecule has 0 bridgehead atoms. The van der Waals surface area contributed by atoms with Gasteiger partial charge in [0.05, 0.1) is 11.6 Å². The quantitative estimate of drug-likeness (QED) is 0.315. The van der Waals surface area contributed by atoms with Crippen molar-refractivity contribution in [2.24, 2.45) is 0 Å². The van der Waals surface area contributed by atoms with Crippen molar-refractivity contribution in [3.8, 4) is 11.4 Å². The molecule has 0 saturated carbocycles. The summed E-state index contributed by atoms with van der Waals surface area (Å²) >= 11 is 5.91. The van der Waals surface area contributed by atoms with Crippen LogP contribution in [0, 0.1) is 0 Å². The van der Waals surface area contributed by atoms with Crippen molar-refractivity contribution in [3.63, 3.8) is 0 Å². The molecule has 1 aromatic heterocycles. The second kappa shape index (κ2) is 9.36. The first-order valence-electron chi connectivity index (χ1n) is 12.5. The van der Waals surface area contributed by atoms with Crippen LogP contribution in [0.5, 0.6) is 0 Å². The Kier molecular flexibility index (Phi) is 5.89. The molecule has 5 nitrogen and oxygen atoms in total. The SMILES string of the molecule is CCc1ccc(-c2noc(C3=C(C)N(c4ccc5c(c4)CCC5)C(=S)NC3c3ccccc3)n2)cc1. The van der Waals surface area contributed by atoms with Gasteiger partial charge < -0.3 is 9.84 Å². The van der Waals surface area contributed by atoms with Gasteiger partial charge in [-0.2, -0.15) is 4.98 Å². The minimum atomic E-state index is -0.194. The zero-order chi connectivity index (χ0) is 24.6. The summed E-state index contributed by atoms with van der Waals surface area (Å²) in [6.45, 7) is 4.24. The molecule has 0 fully saturated rings. The van der Waals surface area contributed by atoms with Crippen molar-refractivity contribution >= 4 is 28.6 Å². The first-order valence-corrected chi connectivity index (χ1v) is 12.9. The van der Waals surface area contributed by atoms with Crippen LogP contribution >= 0.6 is 12.2 Å². The van der Waals surface area contributed by atoms with Gasteiger partial charge in [0.2, 0.25) is 5.82 Å². The molecule has 2 aliphatic rings. The number of nitrogens with zero attached hydrogens (tertiary/aromatic N) is 3. The Labute approximate surface area is 216 Å². The molecule has 0 amide bonds. The van der Waals surface area contributed by atoms with Gasteiger partial charge in [-0.1, -0.05) is 72.7 Å². The first-order chi connectivity index (χ1) is 17.6. The fraction of sp³-hybridized carbons (Fsp3) is 0.233. The number of fused-ring (bicyclic) bond motifs is 1. The van der Waals surface area contributed by atoms with Gasteiger partial charge in [-0.25, -0.2) is 0 Å². The molecule has 180 valence electrons. The molecule has 6 rings (SSSR count). The van der Waals surface area contributed by atoms with Crippen LogP contribution < -0.4 is 10.2 Å². The topological polar surface area (TPSA) is 54.2 Å². The first kappa shape index (κ1) is 22.7. The van der Waals surface area contributed by atoms with Crippen LogP contribution in [-0.4, -0.2) is 15.3 Å². The fourth-order valence-corrected chi connectivity index (χ4v) is 5.62. The monoisotopic (exact) mass is 492 g/mol. The maximum Gasteiger partial charge on any atom is 0.258 e.